The number of hydrogen-bond acceptors (Lipinski definition) is 2. The van der Waals surface area contributed by atoms with Crippen molar-refractivity contribution >= 4 is 10.8 Å². The number of ether oxygens (including phenoxy) is 1. The molecule has 0 atom stereocenters. The molecule has 108 valence electrons. The highest BCUT2D eigenvalue weighted by atomic mass is 16.5. The predicted molar refractivity (Wildman–Crippen MR) is 86.3 cm³/mol. The largest absolute Gasteiger partial charge is 0.497 e. The second-order valence-corrected chi connectivity index (χ2v) is 5.28. The van der Waals surface area contributed by atoms with Gasteiger partial charge >= 0.3 is 0 Å². The molecule has 0 spiro atoms. The quantitative estimate of drug-likeness (QED) is 0.713. The number of fused-ring (bicyclic) bond motifs is 1. The Morgan fingerprint density at radius 2 is 1.75 bits per heavy atom. The van der Waals surface area contributed by atoms with E-state index in [0.717, 1.165) is 18.8 Å². The van der Waals surface area contributed by atoms with Gasteiger partial charge in [-0.25, -0.2) is 0 Å². The number of unbranched alkanes of at least 4 members (excludes halogenated alkanes) is 3. The van der Waals surface area contributed by atoms with Crippen LogP contribution in [0.5, 0.6) is 5.75 Å². The Morgan fingerprint density at radius 1 is 0.950 bits per heavy atom. The molecule has 0 aromatic heterocycles. The van der Waals surface area contributed by atoms with Crippen LogP contribution >= 0.6 is 0 Å². The third-order valence-corrected chi connectivity index (χ3v) is 3.65. The van der Waals surface area contributed by atoms with Gasteiger partial charge in [-0.2, -0.15) is 0 Å². The molecule has 0 aliphatic rings. The Hall–Kier alpha value is -1.54. The molecule has 0 bridgehead atoms. The molecule has 0 radical (unpaired) electrons. The van der Waals surface area contributed by atoms with Crippen LogP contribution in [0.4, 0.5) is 0 Å². The summed E-state index contributed by atoms with van der Waals surface area (Å²) in [5.74, 6) is 0.916. The molecule has 0 aliphatic carbocycles. The smallest absolute Gasteiger partial charge is 0.119 e. The van der Waals surface area contributed by atoms with Crippen molar-refractivity contribution in [3.8, 4) is 5.75 Å². The van der Waals surface area contributed by atoms with Crippen molar-refractivity contribution in [1.29, 1.82) is 0 Å². The highest BCUT2D eigenvalue weighted by Crippen LogP contribution is 2.21. The van der Waals surface area contributed by atoms with Crippen LogP contribution in [0.3, 0.4) is 0 Å². The number of benzene rings is 2. The van der Waals surface area contributed by atoms with Gasteiger partial charge in [-0.3, -0.25) is 0 Å². The summed E-state index contributed by atoms with van der Waals surface area (Å²) >= 11 is 0. The number of nitrogens with one attached hydrogen (secondary N) is 1. The minimum atomic E-state index is 0.916. The highest BCUT2D eigenvalue weighted by molar-refractivity contribution is 5.84. The average Bonchev–Trinajstić information content (AvgIpc) is 2.50. The van der Waals surface area contributed by atoms with Crippen molar-refractivity contribution in [2.45, 2.75) is 39.2 Å². The lowest BCUT2D eigenvalue weighted by atomic mass is 10.1. The maximum Gasteiger partial charge on any atom is 0.119 e. The van der Waals surface area contributed by atoms with Crippen LogP contribution < -0.4 is 10.1 Å². The van der Waals surface area contributed by atoms with Crippen molar-refractivity contribution in [1.82, 2.24) is 5.32 Å². The second kappa shape index (κ2) is 7.91. The zero-order valence-electron chi connectivity index (χ0n) is 12.6. The first kappa shape index (κ1) is 14.9. The summed E-state index contributed by atoms with van der Waals surface area (Å²) in [6.07, 6.45) is 5.26. The Morgan fingerprint density at radius 3 is 2.55 bits per heavy atom. The average molecular weight is 271 g/mol. The molecule has 0 amide bonds. The Balaban J connectivity index is 1.88. The molecule has 2 nitrogen and oxygen atoms in total. The summed E-state index contributed by atoms with van der Waals surface area (Å²) in [6, 6.07) is 12.8. The Kier molecular flexibility index (Phi) is 5.87. The van der Waals surface area contributed by atoms with Gasteiger partial charge < -0.3 is 10.1 Å². The Labute approximate surface area is 122 Å². The van der Waals surface area contributed by atoms with Gasteiger partial charge in [0, 0.05) is 6.54 Å². The van der Waals surface area contributed by atoms with Crippen molar-refractivity contribution in [3.63, 3.8) is 0 Å². The number of rotatable bonds is 8. The third kappa shape index (κ3) is 4.24. The summed E-state index contributed by atoms with van der Waals surface area (Å²) in [7, 11) is 1.71. The summed E-state index contributed by atoms with van der Waals surface area (Å²) in [5.41, 5.74) is 1.35. The molecule has 0 saturated heterocycles. The zero-order valence-corrected chi connectivity index (χ0v) is 12.6. The molecule has 0 heterocycles. The predicted octanol–water partition coefficient (Wildman–Crippen LogP) is 4.52. The van der Waals surface area contributed by atoms with Crippen LogP contribution in [-0.2, 0) is 6.54 Å². The molecule has 0 saturated carbocycles. The SMILES string of the molecule is CCCCCCNCc1ccc2cc(OC)ccc2c1. The van der Waals surface area contributed by atoms with Gasteiger partial charge in [0.2, 0.25) is 0 Å². The summed E-state index contributed by atoms with van der Waals surface area (Å²) in [5, 5.41) is 6.03. The van der Waals surface area contributed by atoms with Gasteiger partial charge in [0.25, 0.3) is 0 Å². The molecule has 2 heteroatoms. The molecule has 2 aromatic carbocycles. The molecule has 0 aliphatic heterocycles. The molecule has 2 rings (SSSR count). The summed E-state index contributed by atoms with van der Waals surface area (Å²) in [4.78, 5) is 0. The van der Waals surface area contributed by atoms with Crippen molar-refractivity contribution in [2.24, 2.45) is 0 Å². The van der Waals surface area contributed by atoms with Gasteiger partial charge in [0.05, 0.1) is 7.11 Å². The number of methoxy groups -OCH3 is 1. The van der Waals surface area contributed by atoms with Crippen molar-refractivity contribution < 1.29 is 4.74 Å². The lowest BCUT2D eigenvalue weighted by Gasteiger charge is -2.07. The van der Waals surface area contributed by atoms with Gasteiger partial charge in [-0.05, 0) is 47.5 Å². The van der Waals surface area contributed by atoms with Crippen LogP contribution in [0.1, 0.15) is 38.2 Å². The van der Waals surface area contributed by atoms with Gasteiger partial charge in [-0.15, -0.1) is 0 Å². The summed E-state index contributed by atoms with van der Waals surface area (Å²) < 4.78 is 5.25. The standard InChI is InChI=1S/C18H25NO/c1-3-4-5-6-11-19-14-15-7-8-17-13-18(20-2)10-9-16(17)12-15/h7-10,12-13,19H,3-6,11,14H2,1-2H3. The van der Waals surface area contributed by atoms with Crippen LogP contribution in [-0.4, -0.2) is 13.7 Å². The first-order valence-electron chi connectivity index (χ1n) is 7.61. The second-order valence-electron chi connectivity index (χ2n) is 5.28. The van der Waals surface area contributed by atoms with E-state index in [1.54, 1.807) is 7.11 Å². The van der Waals surface area contributed by atoms with Crippen LogP contribution in [0.25, 0.3) is 10.8 Å². The molecule has 0 fully saturated rings. The van der Waals surface area contributed by atoms with Crippen LogP contribution in [0.2, 0.25) is 0 Å². The summed E-state index contributed by atoms with van der Waals surface area (Å²) in [6.45, 7) is 4.31. The minimum absolute atomic E-state index is 0.916. The van der Waals surface area contributed by atoms with E-state index in [4.69, 9.17) is 4.74 Å². The molecule has 0 unspecified atom stereocenters. The van der Waals surface area contributed by atoms with Gasteiger partial charge in [-0.1, -0.05) is 44.4 Å². The van der Waals surface area contributed by atoms with E-state index >= 15 is 0 Å². The highest BCUT2D eigenvalue weighted by Gasteiger charge is 1.99. The fourth-order valence-electron chi connectivity index (χ4n) is 2.42. The van der Waals surface area contributed by atoms with Crippen molar-refractivity contribution in [2.75, 3.05) is 13.7 Å². The molecule has 1 N–H and O–H groups in total. The van der Waals surface area contributed by atoms with E-state index in [-0.39, 0.29) is 0 Å². The Bertz CT molecular complexity index is 536. The normalized spacial score (nSPS) is 10.9. The molecular weight excluding hydrogens is 246 g/mol. The molecule has 2 aromatic rings. The first-order valence-corrected chi connectivity index (χ1v) is 7.61. The molecule has 20 heavy (non-hydrogen) atoms. The van der Waals surface area contributed by atoms with E-state index in [1.807, 2.05) is 6.07 Å². The maximum atomic E-state index is 5.25. The fourth-order valence-corrected chi connectivity index (χ4v) is 2.42. The van der Waals surface area contributed by atoms with Gasteiger partial charge in [0.15, 0.2) is 0 Å². The zero-order chi connectivity index (χ0) is 14.2. The van der Waals surface area contributed by atoms with Crippen LogP contribution in [0, 0.1) is 0 Å². The maximum absolute atomic E-state index is 5.25. The minimum Gasteiger partial charge on any atom is -0.497 e. The fraction of sp³-hybridized carbons (Fsp3) is 0.444. The van der Waals surface area contributed by atoms with E-state index in [2.05, 4.69) is 42.6 Å². The van der Waals surface area contributed by atoms with Crippen molar-refractivity contribution in [3.05, 3.63) is 42.0 Å². The lowest BCUT2D eigenvalue weighted by molar-refractivity contribution is 0.415. The topological polar surface area (TPSA) is 21.3 Å². The van der Waals surface area contributed by atoms with E-state index in [9.17, 15) is 0 Å². The number of hydrogen-bond donors (Lipinski definition) is 1. The van der Waals surface area contributed by atoms with E-state index in [0.29, 0.717) is 0 Å². The van der Waals surface area contributed by atoms with Crippen LogP contribution in [0.15, 0.2) is 36.4 Å². The van der Waals surface area contributed by atoms with E-state index in [1.165, 1.54) is 42.0 Å². The van der Waals surface area contributed by atoms with E-state index < -0.39 is 0 Å². The monoisotopic (exact) mass is 271 g/mol. The first-order chi connectivity index (χ1) is 9.83. The molecular formula is C18H25NO. The third-order valence-electron chi connectivity index (χ3n) is 3.65. The lowest BCUT2D eigenvalue weighted by Crippen LogP contribution is -2.14. The van der Waals surface area contributed by atoms with Gasteiger partial charge in [0.1, 0.15) is 5.75 Å².